The van der Waals surface area contributed by atoms with Gasteiger partial charge in [0.05, 0.1) is 0 Å². The molecule has 5 aliphatic carbocycles. The summed E-state index contributed by atoms with van der Waals surface area (Å²) in [6.07, 6.45) is 28.0. The lowest BCUT2D eigenvalue weighted by Gasteiger charge is -2.30. The molecule has 2 saturated carbocycles. The zero-order valence-corrected chi connectivity index (χ0v) is 15.3. The minimum absolute atomic E-state index is 0.827. The van der Waals surface area contributed by atoms with Crippen LogP contribution in [0, 0.1) is 35.5 Å². The van der Waals surface area contributed by atoms with E-state index in [-0.39, 0.29) is 0 Å². The summed E-state index contributed by atoms with van der Waals surface area (Å²) in [5, 5.41) is 0. The molecule has 130 valence electrons. The molecular weight excluding hydrogens is 288 g/mol. The summed E-state index contributed by atoms with van der Waals surface area (Å²) in [5.74, 6) is 5.78. The van der Waals surface area contributed by atoms with Crippen LogP contribution in [-0.4, -0.2) is 0 Å². The third kappa shape index (κ3) is 2.95. The number of fused-ring (bicyclic) bond motifs is 10. The van der Waals surface area contributed by atoms with E-state index in [1.807, 2.05) is 5.57 Å². The Labute approximate surface area is 148 Å². The van der Waals surface area contributed by atoms with Gasteiger partial charge in [-0.1, -0.05) is 54.7 Å². The van der Waals surface area contributed by atoms with Gasteiger partial charge in [0.1, 0.15) is 0 Å². The first-order valence-corrected chi connectivity index (χ1v) is 10.9. The second-order valence-electron chi connectivity index (χ2n) is 9.62. The average molecular weight is 323 g/mol. The molecule has 6 atom stereocenters. The first kappa shape index (κ1) is 15.5. The lowest BCUT2D eigenvalue weighted by atomic mass is 9.75. The third-order valence-corrected chi connectivity index (χ3v) is 8.20. The van der Waals surface area contributed by atoms with E-state index in [0.717, 1.165) is 35.5 Å². The highest BCUT2D eigenvalue weighted by Crippen LogP contribution is 2.52. The molecule has 0 saturated heterocycles. The van der Waals surface area contributed by atoms with Crippen molar-refractivity contribution >= 4 is 0 Å². The lowest BCUT2D eigenvalue weighted by Crippen LogP contribution is -2.23. The van der Waals surface area contributed by atoms with Crippen LogP contribution in [0.15, 0.2) is 35.5 Å². The Morgan fingerprint density at radius 2 is 1.88 bits per heavy atom. The SMILES string of the molecule is C1=C2/C=C/[C@H]3CC/C=C4/CC[C@@H](C4)[C@@H]1[C@@H](C2)[C@@H]1CCC(CCC3)C1. The van der Waals surface area contributed by atoms with E-state index in [1.165, 1.54) is 70.6 Å². The van der Waals surface area contributed by atoms with Crippen molar-refractivity contribution in [3.63, 3.8) is 0 Å². The molecule has 0 N–H and O–H groups in total. The monoisotopic (exact) mass is 322 g/mol. The molecule has 5 aliphatic rings. The predicted molar refractivity (Wildman–Crippen MR) is 102 cm³/mol. The first-order chi connectivity index (χ1) is 11.8. The molecule has 0 nitrogen and oxygen atoms in total. The highest BCUT2D eigenvalue weighted by atomic mass is 14.5. The van der Waals surface area contributed by atoms with Crippen molar-refractivity contribution in [3.05, 3.63) is 35.5 Å². The van der Waals surface area contributed by atoms with Gasteiger partial charge >= 0.3 is 0 Å². The second kappa shape index (κ2) is 6.50. The quantitative estimate of drug-likeness (QED) is 0.428. The van der Waals surface area contributed by atoms with Crippen molar-refractivity contribution in [3.8, 4) is 0 Å². The molecule has 0 heteroatoms. The molecule has 0 aromatic carbocycles. The van der Waals surface area contributed by atoms with Crippen LogP contribution < -0.4 is 0 Å². The van der Waals surface area contributed by atoms with Crippen molar-refractivity contribution in [2.45, 2.75) is 77.0 Å². The average Bonchev–Trinajstić information content (AvgIpc) is 3.29. The van der Waals surface area contributed by atoms with Crippen LogP contribution in [0.5, 0.6) is 0 Å². The zero-order chi connectivity index (χ0) is 15.9. The Balaban J connectivity index is 1.52. The van der Waals surface area contributed by atoms with Crippen molar-refractivity contribution in [1.29, 1.82) is 0 Å². The van der Waals surface area contributed by atoms with Crippen LogP contribution in [0.1, 0.15) is 77.0 Å². The topological polar surface area (TPSA) is 0 Å². The number of hydrogen-bond donors (Lipinski definition) is 0. The Morgan fingerprint density at radius 1 is 0.875 bits per heavy atom. The maximum absolute atomic E-state index is 2.75. The molecule has 0 aromatic rings. The minimum atomic E-state index is 0.827. The summed E-state index contributed by atoms with van der Waals surface area (Å²) >= 11 is 0. The van der Waals surface area contributed by atoms with Gasteiger partial charge in [-0.15, -0.1) is 0 Å². The highest BCUT2D eigenvalue weighted by molar-refractivity contribution is 5.28. The fourth-order valence-corrected chi connectivity index (χ4v) is 6.89. The minimum Gasteiger partial charge on any atom is -0.0853 e. The molecule has 0 heterocycles. The van der Waals surface area contributed by atoms with Gasteiger partial charge in [-0.2, -0.15) is 0 Å². The molecule has 0 aliphatic heterocycles. The van der Waals surface area contributed by atoms with E-state index in [1.54, 1.807) is 12.0 Å². The van der Waals surface area contributed by atoms with Gasteiger partial charge in [0.15, 0.2) is 0 Å². The van der Waals surface area contributed by atoms with Gasteiger partial charge < -0.3 is 0 Å². The zero-order valence-electron chi connectivity index (χ0n) is 15.3. The second-order valence-corrected chi connectivity index (χ2v) is 9.62. The fraction of sp³-hybridized carbons (Fsp3) is 0.750. The van der Waals surface area contributed by atoms with Crippen LogP contribution in [-0.2, 0) is 0 Å². The Hall–Kier alpha value is -0.780. The summed E-state index contributed by atoms with van der Waals surface area (Å²) in [6.45, 7) is 0. The highest BCUT2D eigenvalue weighted by Gasteiger charge is 2.41. The summed E-state index contributed by atoms with van der Waals surface area (Å²) in [6, 6.07) is 0. The summed E-state index contributed by atoms with van der Waals surface area (Å²) < 4.78 is 0. The Kier molecular flexibility index (Phi) is 4.19. The van der Waals surface area contributed by atoms with Crippen molar-refractivity contribution in [2.75, 3.05) is 0 Å². The molecule has 0 amide bonds. The maximum atomic E-state index is 2.75. The smallest absolute Gasteiger partial charge is 0.0162 e. The molecule has 0 radical (unpaired) electrons. The number of allylic oxidation sites excluding steroid dienone is 6. The van der Waals surface area contributed by atoms with Crippen LogP contribution in [0.3, 0.4) is 0 Å². The summed E-state index contributed by atoms with van der Waals surface area (Å²) in [5.41, 5.74) is 3.51. The summed E-state index contributed by atoms with van der Waals surface area (Å²) in [7, 11) is 0. The molecule has 0 spiro atoms. The van der Waals surface area contributed by atoms with Gasteiger partial charge in [0.2, 0.25) is 0 Å². The number of hydrogen-bond acceptors (Lipinski definition) is 0. The van der Waals surface area contributed by atoms with E-state index in [4.69, 9.17) is 0 Å². The van der Waals surface area contributed by atoms with E-state index < -0.39 is 0 Å². The van der Waals surface area contributed by atoms with Crippen molar-refractivity contribution in [2.24, 2.45) is 35.5 Å². The van der Waals surface area contributed by atoms with Crippen LogP contribution >= 0.6 is 0 Å². The molecule has 8 bridgehead atoms. The van der Waals surface area contributed by atoms with Crippen LogP contribution in [0.25, 0.3) is 0 Å². The standard InChI is InChI=1S/C24H34/c1-3-17-4-2-6-19-10-12-22(14-19)24-16-20(8-7-17)15-23(24)21-11-9-18(5-1)13-21/h5,7-8,15,17,19,21-24H,1-4,6,9-14,16H2/b8-7+,18-5-/t17-,19?,21-,22+,23+,24-/m0/s1. The van der Waals surface area contributed by atoms with E-state index in [0.29, 0.717) is 0 Å². The maximum Gasteiger partial charge on any atom is -0.0162 e. The normalized spacial score (nSPS) is 48.2. The Morgan fingerprint density at radius 3 is 2.88 bits per heavy atom. The molecule has 2 fully saturated rings. The third-order valence-electron chi connectivity index (χ3n) is 8.20. The summed E-state index contributed by atoms with van der Waals surface area (Å²) in [4.78, 5) is 0. The van der Waals surface area contributed by atoms with Crippen molar-refractivity contribution in [1.82, 2.24) is 0 Å². The van der Waals surface area contributed by atoms with Gasteiger partial charge in [0.25, 0.3) is 0 Å². The van der Waals surface area contributed by atoms with Gasteiger partial charge in [-0.05, 0) is 93.3 Å². The van der Waals surface area contributed by atoms with Crippen LogP contribution in [0.2, 0.25) is 0 Å². The lowest BCUT2D eigenvalue weighted by molar-refractivity contribution is 0.215. The van der Waals surface area contributed by atoms with Gasteiger partial charge in [-0.3, -0.25) is 0 Å². The fourth-order valence-electron chi connectivity index (χ4n) is 6.89. The predicted octanol–water partition coefficient (Wildman–Crippen LogP) is 6.84. The van der Waals surface area contributed by atoms with Gasteiger partial charge in [0, 0.05) is 0 Å². The molecule has 0 aromatic heterocycles. The molecule has 5 rings (SSSR count). The molecule has 1 unspecified atom stereocenters. The Bertz CT molecular complexity index is 563. The number of rotatable bonds is 0. The molecular formula is C24H34. The van der Waals surface area contributed by atoms with Crippen LogP contribution in [0.4, 0.5) is 0 Å². The van der Waals surface area contributed by atoms with E-state index in [2.05, 4.69) is 24.3 Å². The van der Waals surface area contributed by atoms with E-state index in [9.17, 15) is 0 Å². The van der Waals surface area contributed by atoms with Crippen molar-refractivity contribution < 1.29 is 0 Å². The largest absolute Gasteiger partial charge is 0.0853 e. The van der Waals surface area contributed by atoms with E-state index >= 15 is 0 Å². The molecule has 24 heavy (non-hydrogen) atoms. The first-order valence-electron chi connectivity index (χ1n) is 10.9. The van der Waals surface area contributed by atoms with Gasteiger partial charge in [-0.25, -0.2) is 0 Å².